The van der Waals surface area contributed by atoms with Crippen LogP contribution in [0.15, 0.2) is 0 Å². The second-order valence-corrected chi connectivity index (χ2v) is 4.62. The van der Waals surface area contributed by atoms with E-state index in [1.165, 1.54) is 0 Å². The van der Waals surface area contributed by atoms with E-state index in [1.54, 1.807) is 11.8 Å². The van der Waals surface area contributed by atoms with E-state index in [4.69, 9.17) is 10.8 Å². The van der Waals surface area contributed by atoms with Crippen LogP contribution in [-0.4, -0.2) is 47.7 Å². The number of primary amides is 1. The Kier molecular flexibility index (Phi) is 8.61. The highest BCUT2D eigenvalue weighted by molar-refractivity contribution is 7.98. The van der Waals surface area contributed by atoms with Gasteiger partial charge in [-0.25, -0.2) is 4.79 Å². The van der Waals surface area contributed by atoms with Gasteiger partial charge in [-0.1, -0.05) is 6.92 Å². The first-order valence-corrected chi connectivity index (χ1v) is 6.90. The minimum absolute atomic E-state index is 0.117. The van der Waals surface area contributed by atoms with E-state index >= 15 is 0 Å². The number of amides is 3. The first-order valence-electron chi connectivity index (χ1n) is 5.51. The standard InChI is InChI=1S/C10H21N3O3S/c1-3-7(6-14)12-9(15)8(4-5-17-2)13-10(11)16/h7-8,14H,3-6H2,1-2H3,(H,12,15)(H3,11,13,16). The maximum absolute atomic E-state index is 11.8. The summed E-state index contributed by atoms with van der Waals surface area (Å²) in [5, 5.41) is 14.0. The molecule has 0 fully saturated rings. The highest BCUT2D eigenvalue weighted by atomic mass is 32.2. The molecular formula is C10H21N3O3S. The van der Waals surface area contributed by atoms with Crippen LogP contribution in [-0.2, 0) is 4.79 Å². The Morgan fingerprint density at radius 3 is 2.47 bits per heavy atom. The monoisotopic (exact) mass is 263 g/mol. The molecule has 2 atom stereocenters. The quantitative estimate of drug-likeness (QED) is 0.481. The SMILES string of the molecule is CCC(CO)NC(=O)C(CCSC)NC(N)=O. The third-order valence-corrected chi connectivity index (χ3v) is 2.95. The zero-order chi connectivity index (χ0) is 13.3. The van der Waals surface area contributed by atoms with E-state index in [9.17, 15) is 9.59 Å². The van der Waals surface area contributed by atoms with Crippen LogP contribution in [0, 0.1) is 0 Å². The summed E-state index contributed by atoms with van der Waals surface area (Å²) in [6, 6.07) is -1.64. The molecule has 0 saturated heterocycles. The molecule has 3 amide bonds. The van der Waals surface area contributed by atoms with Gasteiger partial charge in [0.2, 0.25) is 5.91 Å². The summed E-state index contributed by atoms with van der Waals surface area (Å²) >= 11 is 1.58. The molecule has 0 aromatic rings. The average Bonchev–Trinajstić information content (AvgIpc) is 2.30. The van der Waals surface area contributed by atoms with E-state index in [0.717, 1.165) is 5.75 Å². The van der Waals surface area contributed by atoms with Gasteiger partial charge in [0.1, 0.15) is 6.04 Å². The summed E-state index contributed by atoms with van der Waals surface area (Å²) in [5.41, 5.74) is 5.01. The predicted octanol–water partition coefficient (Wildman–Crippen LogP) is -0.336. The van der Waals surface area contributed by atoms with Crippen LogP contribution in [0.4, 0.5) is 4.79 Å². The van der Waals surface area contributed by atoms with E-state index in [2.05, 4.69) is 10.6 Å². The maximum atomic E-state index is 11.8. The van der Waals surface area contributed by atoms with Gasteiger partial charge < -0.3 is 21.5 Å². The predicted molar refractivity (Wildman–Crippen MR) is 68.8 cm³/mol. The van der Waals surface area contributed by atoms with E-state index in [1.807, 2.05) is 13.2 Å². The van der Waals surface area contributed by atoms with Gasteiger partial charge in [0, 0.05) is 0 Å². The van der Waals surface area contributed by atoms with Crippen LogP contribution in [0.1, 0.15) is 19.8 Å². The van der Waals surface area contributed by atoms with Crippen molar-refractivity contribution in [3.63, 3.8) is 0 Å². The Balaban J connectivity index is 4.34. The van der Waals surface area contributed by atoms with Crippen molar-refractivity contribution in [2.75, 3.05) is 18.6 Å². The lowest BCUT2D eigenvalue weighted by Crippen LogP contribution is -2.51. The molecule has 5 N–H and O–H groups in total. The third kappa shape index (κ3) is 7.06. The van der Waals surface area contributed by atoms with Gasteiger partial charge in [-0.2, -0.15) is 11.8 Å². The fraction of sp³-hybridized carbons (Fsp3) is 0.800. The Morgan fingerprint density at radius 2 is 2.06 bits per heavy atom. The van der Waals surface area contributed by atoms with Crippen molar-refractivity contribution in [1.82, 2.24) is 10.6 Å². The van der Waals surface area contributed by atoms with Crippen molar-refractivity contribution in [1.29, 1.82) is 0 Å². The smallest absolute Gasteiger partial charge is 0.312 e. The molecule has 0 aliphatic rings. The van der Waals surface area contributed by atoms with Crippen LogP contribution in [0.5, 0.6) is 0 Å². The summed E-state index contributed by atoms with van der Waals surface area (Å²) in [7, 11) is 0. The van der Waals surface area contributed by atoms with Crippen LogP contribution in [0.25, 0.3) is 0 Å². The molecule has 0 rings (SSSR count). The molecule has 0 heterocycles. The fourth-order valence-corrected chi connectivity index (χ4v) is 1.73. The molecule has 0 aliphatic carbocycles. The number of aliphatic hydroxyl groups excluding tert-OH is 1. The van der Waals surface area contributed by atoms with Gasteiger partial charge in [0.25, 0.3) is 0 Å². The molecule has 0 radical (unpaired) electrons. The zero-order valence-corrected chi connectivity index (χ0v) is 11.0. The number of thioether (sulfide) groups is 1. The number of carbonyl (C=O) groups is 2. The first-order chi connectivity index (χ1) is 8.04. The van der Waals surface area contributed by atoms with Crippen LogP contribution in [0.3, 0.4) is 0 Å². The minimum atomic E-state index is -0.719. The highest BCUT2D eigenvalue weighted by Gasteiger charge is 2.21. The first kappa shape index (κ1) is 16.1. The molecule has 0 bridgehead atoms. The molecule has 100 valence electrons. The molecule has 0 aliphatic heterocycles. The van der Waals surface area contributed by atoms with Crippen molar-refractivity contribution < 1.29 is 14.7 Å². The summed E-state index contributed by atoms with van der Waals surface area (Å²) in [4.78, 5) is 22.6. The Labute approximate surface area is 106 Å². The molecule has 6 nitrogen and oxygen atoms in total. The van der Waals surface area contributed by atoms with E-state index in [-0.39, 0.29) is 18.6 Å². The molecule has 0 saturated carbocycles. The number of nitrogens with two attached hydrogens (primary N) is 1. The summed E-state index contributed by atoms with van der Waals surface area (Å²) in [5.74, 6) is 0.438. The normalized spacial score (nSPS) is 13.8. The fourth-order valence-electron chi connectivity index (χ4n) is 1.25. The number of hydrogen-bond acceptors (Lipinski definition) is 4. The summed E-state index contributed by atoms with van der Waals surface area (Å²) in [6.07, 6.45) is 3.06. The van der Waals surface area contributed by atoms with Crippen LogP contribution >= 0.6 is 11.8 Å². The highest BCUT2D eigenvalue weighted by Crippen LogP contribution is 2.02. The minimum Gasteiger partial charge on any atom is -0.394 e. The number of hydrogen-bond donors (Lipinski definition) is 4. The van der Waals surface area contributed by atoms with Crippen molar-refractivity contribution in [3.8, 4) is 0 Å². The van der Waals surface area contributed by atoms with Crippen LogP contribution in [0.2, 0.25) is 0 Å². The van der Waals surface area contributed by atoms with Gasteiger partial charge in [-0.05, 0) is 24.9 Å². The van der Waals surface area contributed by atoms with E-state index in [0.29, 0.717) is 12.8 Å². The topological polar surface area (TPSA) is 104 Å². The summed E-state index contributed by atoms with van der Waals surface area (Å²) in [6.45, 7) is 1.74. The van der Waals surface area contributed by atoms with E-state index < -0.39 is 12.1 Å². The lowest BCUT2D eigenvalue weighted by atomic mass is 10.1. The molecule has 0 aromatic heterocycles. The number of urea groups is 1. The Morgan fingerprint density at radius 1 is 1.41 bits per heavy atom. The molecule has 2 unspecified atom stereocenters. The van der Waals surface area contributed by atoms with Crippen LogP contribution < -0.4 is 16.4 Å². The largest absolute Gasteiger partial charge is 0.394 e. The third-order valence-electron chi connectivity index (χ3n) is 2.30. The van der Waals surface area contributed by atoms with Gasteiger partial charge in [-0.3, -0.25) is 4.79 Å². The van der Waals surface area contributed by atoms with Gasteiger partial charge in [0.15, 0.2) is 0 Å². The Hall–Kier alpha value is -0.950. The van der Waals surface area contributed by atoms with Gasteiger partial charge in [0.05, 0.1) is 12.6 Å². The lowest BCUT2D eigenvalue weighted by molar-refractivity contribution is -0.124. The van der Waals surface area contributed by atoms with Crippen molar-refractivity contribution in [3.05, 3.63) is 0 Å². The number of nitrogens with one attached hydrogen (secondary N) is 2. The maximum Gasteiger partial charge on any atom is 0.312 e. The second-order valence-electron chi connectivity index (χ2n) is 3.64. The average molecular weight is 263 g/mol. The second kappa shape index (κ2) is 9.12. The van der Waals surface area contributed by atoms with Gasteiger partial charge >= 0.3 is 6.03 Å². The molecular weight excluding hydrogens is 242 g/mol. The number of rotatable bonds is 8. The Bertz CT molecular complexity index is 247. The molecule has 0 spiro atoms. The number of carbonyl (C=O) groups excluding carboxylic acids is 2. The summed E-state index contributed by atoms with van der Waals surface area (Å²) < 4.78 is 0. The van der Waals surface area contributed by atoms with Crippen molar-refractivity contribution in [2.45, 2.75) is 31.8 Å². The zero-order valence-electron chi connectivity index (χ0n) is 10.2. The molecule has 0 aromatic carbocycles. The molecule has 7 heteroatoms. The van der Waals surface area contributed by atoms with Crippen molar-refractivity contribution >= 4 is 23.7 Å². The van der Waals surface area contributed by atoms with Crippen molar-refractivity contribution in [2.24, 2.45) is 5.73 Å². The molecule has 17 heavy (non-hydrogen) atoms. The lowest BCUT2D eigenvalue weighted by Gasteiger charge is -2.20. The van der Waals surface area contributed by atoms with Gasteiger partial charge in [-0.15, -0.1) is 0 Å². The number of aliphatic hydroxyl groups is 1.